The maximum atomic E-state index is 12.6. The number of carbonyl (C=O) groups excluding carboxylic acids is 1. The molecule has 0 saturated carbocycles. The fourth-order valence-electron chi connectivity index (χ4n) is 2.93. The molecule has 3 rings (SSSR count). The Morgan fingerprint density at radius 3 is 2.79 bits per heavy atom. The Kier molecular flexibility index (Phi) is 4.16. The Bertz CT molecular complexity index is 979. The summed E-state index contributed by atoms with van der Waals surface area (Å²) in [6.07, 6.45) is 1.88. The lowest BCUT2D eigenvalue weighted by Crippen LogP contribution is -2.38. The van der Waals surface area contributed by atoms with Crippen molar-refractivity contribution in [2.75, 3.05) is 11.5 Å². The second kappa shape index (κ2) is 6.01. The van der Waals surface area contributed by atoms with Crippen LogP contribution in [-0.4, -0.2) is 41.4 Å². The number of hydrogen-bond acceptors (Lipinski definition) is 5. The highest BCUT2D eigenvalue weighted by Crippen LogP contribution is 2.14. The number of carbonyl (C=O) groups is 1. The number of sulfone groups is 1. The zero-order chi connectivity index (χ0) is 17.5. The van der Waals surface area contributed by atoms with Gasteiger partial charge in [0.05, 0.1) is 16.9 Å². The monoisotopic (exact) mass is 349 g/mol. The molecule has 1 saturated heterocycles. The minimum atomic E-state index is -3.09. The molecule has 0 aromatic carbocycles. The summed E-state index contributed by atoms with van der Waals surface area (Å²) in [6.45, 7) is 4.30. The van der Waals surface area contributed by atoms with Crippen molar-refractivity contribution in [1.29, 1.82) is 0 Å². The van der Waals surface area contributed by atoms with Crippen LogP contribution in [0.4, 0.5) is 0 Å². The first-order chi connectivity index (χ1) is 11.3. The molecule has 2 aromatic rings. The van der Waals surface area contributed by atoms with Crippen molar-refractivity contribution in [3.8, 4) is 0 Å². The first-order valence-electron chi connectivity index (χ1n) is 7.83. The summed E-state index contributed by atoms with van der Waals surface area (Å²) in [6, 6.07) is 2.96. The third-order valence-electron chi connectivity index (χ3n) is 4.21. The molecule has 7 nitrogen and oxygen atoms in total. The Morgan fingerprint density at radius 2 is 2.17 bits per heavy atom. The maximum absolute atomic E-state index is 12.6. The number of hydrogen-bond donors (Lipinski definition) is 1. The van der Waals surface area contributed by atoms with E-state index in [4.69, 9.17) is 0 Å². The van der Waals surface area contributed by atoms with Gasteiger partial charge in [0, 0.05) is 24.5 Å². The van der Waals surface area contributed by atoms with E-state index in [0.717, 1.165) is 5.69 Å². The summed E-state index contributed by atoms with van der Waals surface area (Å²) in [4.78, 5) is 29.5. The van der Waals surface area contributed by atoms with E-state index in [1.165, 1.54) is 6.20 Å². The lowest BCUT2D eigenvalue weighted by molar-refractivity contribution is 0.0939. The van der Waals surface area contributed by atoms with Gasteiger partial charge in [-0.05, 0) is 32.4 Å². The van der Waals surface area contributed by atoms with Gasteiger partial charge in [-0.25, -0.2) is 13.4 Å². The normalized spacial score (nSPS) is 19.5. The highest BCUT2D eigenvalue weighted by molar-refractivity contribution is 7.91. The fraction of sp³-hybridized carbons (Fsp3) is 0.438. The van der Waals surface area contributed by atoms with E-state index in [-0.39, 0.29) is 22.5 Å². The third kappa shape index (κ3) is 3.06. The molecule has 1 amide bonds. The number of aromatic nitrogens is 2. The second-order valence-electron chi connectivity index (χ2n) is 6.06. The smallest absolute Gasteiger partial charge is 0.257 e. The van der Waals surface area contributed by atoms with Crippen molar-refractivity contribution in [3.05, 3.63) is 39.8 Å². The lowest BCUT2D eigenvalue weighted by atomic mass is 10.1. The Morgan fingerprint density at radius 1 is 1.42 bits per heavy atom. The largest absolute Gasteiger partial charge is 0.348 e. The quantitative estimate of drug-likeness (QED) is 0.877. The molecule has 0 aliphatic carbocycles. The molecule has 0 radical (unpaired) electrons. The van der Waals surface area contributed by atoms with E-state index in [0.29, 0.717) is 24.0 Å². The van der Waals surface area contributed by atoms with Crippen LogP contribution in [0.15, 0.2) is 23.1 Å². The molecule has 0 spiro atoms. The summed E-state index contributed by atoms with van der Waals surface area (Å²) < 4.78 is 24.8. The Hall–Kier alpha value is -2.22. The van der Waals surface area contributed by atoms with Crippen LogP contribution in [0.2, 0.25) is 0 Å². The maximum Gasteiger partial charge on any atom is 0.257 e. The van der Waals surface area contributed by atoms with Crippen LogP contribution >= 0.6 is 0 Å². The molecule has 8 heteroatoms. The zero-order valence-electron chi connectivity index (χ0n) is 13.6. The molecule has 128 valence electrons. The number of nitrogens with one attached hydrogen (secondary N) is 1. The van der Waals surface area contributed by atoms with Crippen LogP contribution in [0.5, 0.6) is 0 Å². The zero-order valence-corrected chi connectivity index (χ0v) is 14.4. The molecular weight excluding hydrogens is 330 g/mol. The van der Waals surface area contributed by atoms with Crippen molar-refractivity contribution in [3.63, 3.8) is 0 Å². The van der Waals surface area contributed by atoms with E-state index in [1.807, 2.05) is 13.8 Å². The molecule has 3 heterocycles. The van der Waals surface area contributed by atoms with E-state index < -0.39 is 21.8 Å². The minimum Gasteiger partial charge on any atom is -0.348 e. The van der Waals surface area contributed by atoms with Crippen LogP contribution in [0.1, 0.15) is 29.4 Å². The molecule has 2 aromatic heterocycles. The van der Waals surface area contributed by atoms with Crippen LogP contribution < -0.4 is 10.7 Å². The number of rotatable bonds is 3. The molecule has 0 bridgehead atoms. The summed E-state index contributed by atoms with van der Waals surface area (Å²) in [5.74, 6) is -0.542. The Balaban J connectivity index is 2.00. The second-order valence-corrected chi connectivity index (χ2v) is 8.28. The summed E-state index contributed by atoms with van der Waals surface area (Å²) in [5, 5.41) is 3.05. The topological polar surface area (TPSA) is 98.1 Å². The molecule has 1 N–H and O–H groups in total. The first-order valence-corrected chi connectivity index (χ1v) is 9.65. The summed E-state index contributed by atoms with van der Waals surface area (Å²) >= 11 is 0. The van der Waals surface area contributed by atoms with Gasteiger partial charge >= 0.3 is 0 Å². The van der Waals surface area contributed by atoms with Crippen LogP contribution in [-0.2, 0) is 16.4 Å². The van der Waals surface area contributed by atoms with Gasteiger partial charge in [-0.2, -0.15) is 0 Å². The van der Waals surface area contributed by atoms with Crippen molar-refractivity contribution >= 4 is 26.8 Å². The van der Waals surface area contributed by atoms with Gasteiger partial charge in [0.2, 0.25) is 5.43 Å². The van der Waals surface area contributed by atoms with E-state index in [1.54, 1.807) is 16.7 Å². The van der Waals surface area contributed by atoms with Crippen LogP contribution in [0.25, 0.3) is 11.0 Å². The molecule has 1 aliphatic rings. The number of pyridine rings is 2. The molecule has 24 heavy (non-hydrogen) atoms. The van der Waals surface area contributed by atoms with Crippen LogP contribution in [0, 0.1) is 6.92 Å². The summed E-state index contributed by atoms with van der Waals surface area (Å²) in [5.41, 5.74) is 0.958. The predicted molar refractivity (Wildman–Crippen MR) is 90.9 cm³/mol. The van der Waals surface area contributed by atoms with E-state index in [2.05, 4.69) is 10.3 Å². The van der Waals surface area contributed by atoms with Crippen molar-refractivity contribution in [2.45, 2.75) is 32.9 Å². The first kappa shape index (κ1) is 16.6. The average Bonchev–Trinajstić information content (AvgIpc) is 2.86. The van der Waals surface area contributed by atoms with Crippen LogP contribution in [0.3, 0.4) is 0 Å². The summed E-state index contributed by atoms with van der Waals surface area (Å²) in [7, 11) is -3.09. The van der Waals surface area contributed by atoms with Gasteiger partial charge in [0.15, 0.2) is 9.84 Å². The number of fused-ring (bicyclic) bond motifs is 1. The van der Waals surface area contributed by atoms with Gasteiger partial charge in [-0.15, -0.1) is 0 Å². The Labute approximate surface area is 139 Å². The molecular formula is C16H19N3O4S. The number of amides is 1. The molecule has 1 aliphatic heterocycles. The van der Waals surface area contributed by atoms with Gasteiger partial charge in [-0.1, -0.05) is 0 Å². The average molecular weight is 349 g/mol. The SMILES string of the molecule is CCn1cc(C(=O)NC2CCS(=O)(=O)C2)c(=O)c2ccc(C)nc21. The number of nitrogens with zero attached hydrogens (tertiary/aromatic N) is 2. The number of aryl methyl sites for hydroxylation is 2. The van der Waals surface area contributed by atoms with Gasteiger partial charge in [0.25, 0.3) is 5.91 Å². The molecule has 1 unspecified atom stereocenters. The van der Waals surface area contributed by atoms with Gasteiger partial charge < -0.3 is 9.88 Å². The van der Waals surface area contributed by atoms with E-state index >= 15 is 0 Å². The highest BCUT2D eigenvalue weighted by atomic mass is 32.2. The molecule has 1 atom stereocenters. The minimum absolute atomic E-state index is 0.0132. The third-order valence-corrected chi connectivity index (χ3v) is 5.98. The lowest BCUT2D eigenvalue weighted by Gasteiger charge is -2.13. The van der Waals surface area contributed by atoms with Gasteiger partial charge in [-0.3, -0.25) is 9.59 Å². The highest BCUT2D eigenvalue weighted by Gasteiger charge is 2.30. The standard InChI is InChI=1S/C16H19N3O4S/c1-3-19-8-13(14(20)12-5-4-10(2)17-15(12)19)16(21)18-11-6-7-24(22,23)9-11/h4-5,8,11H,3,6-7,9H2,1-2H3,(H,18,21). The predicted octanol–water partition coefficient (Wildman–Crippen LogP) is 0.642. The fourth-order valence-corrected chi connectivity index (χ4v) is 4.61. The van der Waals surface area contributed by atoms with Crippen molar-refractivity contribution < 1.29 is 13.2 Å². The van der Waals surface area contributed by atoms with Crippen molar-refractivity contribution in [2.24, 2.45) is 0 Å². The molecule has 1 fully saturated rings. The van der Waals surface area contributed by atoms with E-state index in [9.17, 15) is 18.0 Å². The van der Waals surface area contributed by atoms with Crippen molar-refractivity contribution in [1.82, 2.24) is 14.9 Å². The van der Waals surface area contributed by atoms with Gasteiger partial charge in [0.1, 0.15) is 11.2 Å².